The Bertz CT molecular complexity index is 335. The molecule has 0 saturated carbocycles. The van der Waals surface area contributed by atoms with Crippen LogP contribution in [0, 0.1) is 0 Å². The number of likely N-dealkylation sites (N-methyl/N-ethyl adjacent to an activating group) is 1. The maximum absolute atomic E-state index is 9.48. The molecule has 1 rings (SSSR count). The third-order valence-electron chi connectivity index (χ3n) is 2.89. The van der Waals surface area contributed by atoms with Crippen LogP contribution in [0.4, 0.5) is 0 Å². The summed E-state index contributed by atoms with van der Waals surface area (Å²) in [4.78, 5) is 2.13. The van der Waals surface area contributed by atoms with Gasteiger partial charge in [0.2, 0.25) is 0 Å². The first kappa shape index (κ1) is 13.7. The second-order valence-corrected chi connectivity index (χ2v) is 4.03. The number of ether oxygens (including phenoxy) is 1. The number of hydrogen-bond donors (Lipinski definition) is 1. The first-order valence-corrected chi connectivity index (χ1v) is 5.79. The summed E-state index contributed by atoms with van der Waals surface area (Å²) in [6.07, 6.45) is 2.81. The number of rotatable bonds is 7. The van der Waals surface area contributed by atoms with E-state index in [0.29, 0.717) is 0 Å². The summed E-state index contributed by atoms with van der Waals surface area (Å²) in [5, 5.41) is 9.48. The normalized spacial score (nSPS) is 12.5. The van der Waals surface area contributed by atoms with Crippen molar-refractivity contribution in [2.45, 2.75) is 12.5 Å². The Labute approximate surface area is 103 Å². The lowest BCUT2D eigenvalue weighted by molar-refractivity contribution is 0.149. The Balaban J connectivity index is 2.73. The molecule has 0 aliphatic rings. The SMILES string of the molecule is C=CCCN(C)C(CO)c1ccc(OC)cc1. The van der Waals surface area contributed by atoms with Crippen molar-refractivity contribution in [1.82, 2.24) is 4.90 Å². The van der Waals surface area contributed by atoms with Gasteiger partial charge in [-0.3, -0.25) is 4.90 Å². The summed E-state index contributed by atoms with van der Waals surface area (Å²) >= 11 is 0. The highest BCUT2D eigenvalue weighted by Crippen LogP contribution is 2.21. The van der Waals surface area contributed by atoms with Gasteiger partial charge in [-0.05, 0) is 31.2 Å². The number of benzene rings is 1. The van der Waals surface area contributed by atoms with Crippen LogP contribution < -0.4 is 4.74 Å². The van der Waals surface area contributed by atoms with E-state index < -0.39 is 0 Å². The van der Waals surface area contributed by atoms with Crippen LogP contribution in [0.5, 0.6) is 5.75 Å². The van der Waals surface area contributed by atoms with E-state index in [9.17, 15) is 5.11 Å². The van der Waals surface area contributed by atoms with Crippen molar-refractivity contribution < 1.29 is 9.84 Å². The lowest BCUT2D eigenvalue weighted by Gasteiger charge is -2.26. The van der Waals surface area contributed by atoms with Gasteiger partial charge >= 0.3 is 0 Å². The number of aliphatic hydroxyl groups excluding tert-OH is 1. The zero-order chi connectivity index (χ0) is 12.7. The molecule has 1 aromatic rings. The molecule has 1 aromatic carbocycles. The molecular weight excluding hydrogens is 214 g/mol. The smallest absolute Gasteiger partial charge is 0.118 e. The first-order valence-electron chi connectivity index (χ1n) is 5.79. The van der Waals surface area contributed by atoms with E-state index in [1.54, 1.807) is 7.11 Å². The molecule has 94 valence electrons. The Morgan fingerprint density at radius 1 is 1.41 bits per heavy atom. The molecule has 0 saturated heterocycles. The molecule has 3 nitrogen and oxygen atoms in total. The molecule has 1 unspecified atom stereocenters. The monoisotopic (exact) mass is 235 g/mol. The van der Waals surface area contributed by atoms with Gasteiger partial charge in [0.05, 0.1) is 19.8 Å². The lowest BCUT2D eigenvalue weighted by Crippen LogP contribution is -2.28. The van der Waals surface area contributed by atoms with Gasteiger partial charge in [-0.15, -0.1) is 6.58 Å². The second kappa shape index (κ2) is 7.09. The minimum absolute atomic E-state index is 0.0286. The molecule has 0 aromatic heterocycles. The molecule has 0 fully saturated rings. The summed E-state index contributed by atoms with van der Waals surface area (Å²) in [6, 6.07) is 7.84. The quantitative estimate of drug-likeness (QED) is 0.736. The first-order chi connectivity index (χ1) is 8.22. The zero-order valence-electron chi connectivity index (χ0n) is 10.6. The molecule has 3 heteroatoms. The van der Waals surface area contributed by atoms with Gasteiger partial charge in [0.25, 0.3) is 0 Å². The molecule has 1 N–H and O–H groups in total. The van der Waals surface area contributed by atoms with Crippen LogP contribution >= 0.6 is 0 Å². The van der Waals surface area contributed by atoms with Crippen molar-refractivity contribution in [3.05, 3.63) is 42.5 Å². The molecule has 0 aliphatic heterocycles. The van der Waals surface area contributed by atoms with Crippen LogP contribution in [0.2, 0.25) is 0 Å². The fraction of sp³-hybridized carbons (Fsp3) is 0.429. The van der Waals surface area contributed by atoms with Crippen molar-refractivity contribution in [3.63, 3.8) is 0 Å². The Morgan fingerprint density at radius 3 is 2.53 bits per heavy atom. The third kappa shape index (κ3) is 3.88. The van der Waals surface area contributed by atoms with Crippen LogP contribution in [0.25, 0.3) is 0 Å². The summed E-state index contributed by atoms with van der Waals surface area (Å²) in [5.74, 6) is 0.833. The van der Waals surface area contributed by atoms with Crippen molar-refractivity contribution in [3.8, 4) is 5.75 Å². The van der Waals surface area contributed by atoms with Gasteiger partial charge in [-0.25, -0.2) is 0 Å². The summed E-state index contributed by atoms with van der Waals surface area (Å²) in [7, 11) is 3.66. The highest BCUT2D eigenvalue weighted by Gasteiger charge is 2.15. The lowest BCUT2D eigenvalue weighted by atomic mass is 10.1. The van der Waals surface area contributed by atoms with E-state index in [1.807, 2.05) is 37.4 Å². The third-order valence-corrected chi connectivity index (χ3v) is 2.89. The van der Waals surface area contributed by atoms with E-state index in [2.05, 4.69) is 11.5 Å². The zero-order valence-corrected chi connectivity index (χ0v) is 10.6. The van der Waals surface area contributed by atoms with E-state index in [1.165, 1.54) is 0 Å². The maximum atomic E-state index is 9.48. The van der Waals surface area contributed by atoms with Crippen molar-refractivity contribution in [2.75, 3.05) is 27.3 Å². The van der Waals surface area contributed by atoms with Crippen molar-refractivity contribution in [1.29, 1.82) is 0 Å². The van der Waals surface area contributed by atoms with Crippen molar-refractivity contribution >= 4 is 0 Å². The van der Waals surface area contributed by atoms with E-state index in [4.69, 9.17) is 4.74 Å². The van der Waals surface area contributed by atoms with Gasteiger partial charge in [0.15, 0.2) is 0 Å². The Morgan fingerprint density at radius 2 is 2.06 bits per heavy atom. The molecule has 0 heterocycles. The predicted molar refractivity (Wildman–Crippen MR) is 70.3 cm³/mol. The molecule has 17 heavy (non-hydrogen) atoms. The van der Waals surface area contributed by atoms with Crippen LogP contribution in [-0.2, 0) is 0 Å². The molecular formula is C14H21NO2. The molecule has 0 spiro atoms. The summed E-state index contributed by atoms with van der Waals surface area (Å²) < 4.78 is 5.12. The second-order valence-electron chi connectivity index (χ2n) is 4.03. The van der Waals surface area contributed by atoms with Gasteiger partial charge in [0.1, 0.15) is 5.75 Å². The van der Waals surface area contributed by atoms with E-state index in [-0.39, 0.29) is 12.6 Å². The number of aliphatic hydroxyl groups is 1. The number of hydrogen-bond acceptors (Lipinski definition) is 3. The number of nitrogens with zero attached hydrogens (tertiary/aromatic N) is 1. The largest absolute Gasteiger partial charge is 0.497 e. The van der Waals surface area contributed by atoms with Gasteiger partial charge in [-0.2, -0.15) is 0 Å². The van der Waals surface area contributed by atoms with E-state index >= 15 is 0 Å². The van der Waals surface area contributed by atoms with Gasteiger partial charge in [-0.1, -0.05) is 18.2 Å². The average Bonchev–Trinajstić information content (AvgIpc) is 2.38. The minimum atomic E-state index is 0.0286. The maximum Gasteiger partial charge on any atom is 0.118 e. The molecule has 0 amide bonds. The Hall–Kier alpha value is -1.32. The van der Waals surface area contributed by atoms with Gasteiger partial charge < -0.3 is 9.84 Å². The van der Waals surface area contributed by atoms with Crippen molar-refractivity contribution in [2.24, 2.45) is 0 Å². The van der Waals surface area contributed by atoms with E-state index in [0.717, 1.165) is 24.3 Å². The fourth-order valence-corrected chi connectivity index (χ4v) is 1.78. The highest BCUT2D eigenvalue weighted by molar-refractivity contribution is 5.29. The Kier molecular flexibility index (Phi) is 5.73. The van der Waals surface area contributed by atoms with Crippen LogP contribution in [0.3, 0.4) is 0 Å². The molecule has 0 bridgehead atoms. The minimum Gasteiger partial charge on any atom is -0.497 e. The van der Waals surface area contributed by atoms with Crippen LogP contribution in [0.1, 0.15) is 18.0 Å². The summed E-state index contributed by atoms with van der Waals surface area (Å²) in [6.45, 7) is 4.71. The molecule has 0 radical (unpaired) electrons. The fourth-order valence-electron chi connectivity index (χ4n) is 1.78. The summed E-state index contributed by atoms with van der Waals surface area (Å²) in [5.41, 5.74) is 1.10. The number of methoxy groups -OCH3 is 1. The molecule has 1 atom stereocenters. The van der Waals surface area contributed by atoms with Crippen LogP contribution in [0.15, 0.2) is 36.9 Å². The molecule has 0 aliphatic carbocycles. The predicted octanol–water partition coefficient (Wildman–Crippen LogP) is 2.24. The average molecular weight is 235 g/mol. The van der Waals surface area contributed by atoms with Crippen LogP contribution in [-0.4, -0.2) is 37.3 Å². The standard InChI is InChI=1S/C14H21NO2/c1-4-5-10-15(2)14(11-16)12-6-8-13(17-3)9-7-12/h4,6-9,14,16H,1,5,10-11H2,2-3H3. The topological polar surface area (TPSA) is 32.7 Å². The highest BCUT2D eigenvalue weighted by atomic mass is 16.5. The van der Waals surface area contributed by atoms with Gasteiger partial charge in [0, 0.05) is 6.54 Å².